The van der Waals surface area contributed by atoms with Gasteiger partial charge in [0.2, 0.25) is 0 Å². The largest absolute Gasteiger partial charge is 0.340 e. The van der Waals surface area contributed by atoms with E-state index in [1.807, 2.05) is 32.2 Å². The van der Waals surface area contributed by atoms with Crippen LogP contribution in [0.4, 0.5) is 0 Å². The maximum atomic E-state index is 12.4. The van der Waals surface area contributed by atoms with E-state index in [0.29, 0.717) is 10.6 Å². The second-order valence-electron chi connectivity index (χ2n) is 5.23. The molecule has 1 aromatic rings. The van der Waals surface area contributed by atoms with Gasteiger partial charge >= 0.3 is 0 Å². The van der Waals surface area contributed by atoms with Crippen LogP contribution in [0.5, 0.6) is 0 Å². The second-order valence-corrected chi connectivity index (χ2v) is 5.64. The highest BCUT2D eigenvalue weighted by atomic mass is 35.5. The topological polar surface area (TPSA) is 35.6 Å². The summed E-state index contributed by atoms with van der Waals surface area (Å²) in [5.74, 6) is 0.0418. The molecule has 0 bridgehead atoms. The molecule has 0 aliphatic carbocycles. The highest BCUT2D eigenvalue weighted by Crippen LogP contribution is 2.19. The number of carbonyl (C=O) groups is 1. The first-order chi connectivity index (χ1) is 9.59. The summed E-state index contributed by atoms with van der Waals surface area (Å²) in [5, 5.41) is 3.97. The third-order valence-electron chi connectivity index (χ3n) is 3.81. The van der Waals surface area contributed by atoms with E-state index in [-0.39, 0.29) is 5.91 Å². The summed E-state index contributed by atoms with van der Waals surface area (Å²) in [6, 6.07) is 5.48. The Bertz CT molecular complexity index is 472. The fourth-order valence-electron chi connectivity index (χ4n) is 2.37. The number of rotatable bonds is 4. The lowest BCUT2D eigenvalue weighted by Gasteiger charge is -2.29. The van der Waals surface area contributed by atoms with Crippen molar-refractivity contribution in [3.05, 3.63) is 34.3 Å². The Morgan fingerprint density at radius 1 is 1.40 bits per heavy atom. The minimum atomic E-state index is 0.0418. The number of carbonyl (C=O) groups excluding carboxylic acids is 1. The molecule has 0 radical (unpaired) electrons. The molecule has 0 spiro atoms. The van der Waals surface area contributed by atoms with Crippen molar-refractivity contribution in [1.29, 1.82) is 0 Å². The summed E-state index contributed by atoms with van der Waals surface area (Å²) in [7, 11) is 1.85. The van der Waals surface area contributed by atoms with Crippen molar-refractivity contribution in [2.45, 2.75) is 6.92 Å². The van der Waals surface area contributed by atoms with Crippen LogP contribution in [0.3, 0.4) is 0 Å². The van der Waals surface area contributed by atoms with Crippen molar-refractivity contribution in [2.24, 2.45) is 0 Å². The normalized spacial score (nSPS) is 16.1. The molecule has 20 heavy (non-hydrogen) atoms. The van der Waals surface area contributed by atoms with Crippen molar-refractivity contribution < 1.29 is 4.79 Å². The van der Waals surface area contributed by atoms with Gasteiger partial charge in [-0.05, 0) is 24.6 Å². The van der Waals surface area contributed by atoms with Crippen LogP contribution in [0.25, 0.3) is 0 Å². The van der Waals surface area contributed by atoms with Crippen LogP contribution in [0.2, 0.25) is 5.02 Å². The van der Waals surface area contributed by atoms with Gasteiger partial charge in [-0.25, -0.2) is 0 Å². The summed E-state index contributed by atoms with van der Waals surface area (Å²) in [6.07, 6.45) is 0. The molecule has 110 valence electrons. The van der Waals surface area contributed by atoms with Gasteiger partial charge in [-0.3, -0.25) is 9.69 Å². The molecule has 2 rings (SSSR count). The van der Waals surface area contributed by atoms with Gasteiger partial charge in [0.05, 0.1) is 0 Å². The van der Waals surface area contributed by atoms with E-state index < -0.39 is 0 Å². The number of likely N-dealkylation sites (N-methyl/N-ethyl adjacent to an activating group) is 1. The third kappa shape index (κ3) is 3.72. The van der Waals surface area contributed by atoms with Gasteiger partial charge in [0.15, 0.2) is 0 Å². The molecule has 0 unspecified atom stereocenters. The zero-order chi connectivity index (χ0) is 14.5. The summed E-state index contributed by atoms with van der Waals surface area (Å²) in [4.78, 5) is 16.6. The van der Waals surface area contributed by atoms with Gasteiger partial charge in [0, 0.05) is 56.9 Å². The predicted octanol–water partition coefficient (Wildman–Crippen LogP) is 1.63. The molecule has 1 saturated heterocycles. The number of hydrogen-bond donors (Lipinski definition) is 1. The van der Waals surface area contributed by atoms with E-state index in [9.17, 15) is 4.79 Å². The van der Waals surface area contributed by atoms with E-state index in [0.717, 1.165) is 44.8 Å². The van der Waals surface area contributed by atoms with Crippen LogP contribution in [-0.4, -0.2) is 62.0 Å². The van der Waals surface area contributed by atoms with Gasteiger partial charge in [-0.2, -0.15) is 0 Å². The Balaban J connectivity index is 1.92. The smallest absolute Gasteiger partial charge is 0.253 e. The first-order valence-electron chi connectivity index (χ1n) is 7.03. The summed E-state index contributed by atoms with van der Waals surface area (Å²) < 4.78 is 0. The predicted molar refractivity (Wildman–Crippen MR) is 82.5 cm³/mol. The number of hydrogen-bond acceptors (Lipinski definition) is 3. The quantitative estimate of drug-likeness (QED) is 0.917. The van der Waals surface area contributed by atoms with Crippen LogP contribution in [-0.2, 0) is 0 Å². The van der Waals surface area contributed by atoms with Crippen LogP contribution in [0, 0.1) is 6.92 Å². The Morgan fingerprint density at radius 3 is 2.80 bits per heavy atom. The zero-order valence-electron chi connectivity index (χ0n) is 12.2. The number of piperazine rings is 1. The van der Waals surface area contributed by atoms with Crippen molar-refractivity contribution in [1.82, 2.24) is 15.1 Å². The van der Waals surface area contributed by atoms with E-state index in [1.165, 1.54) is 0 Å². The summed E-state index contributed by atoms with van der Waals surface area (Å²) in [5.41, 5.74) is 1.55. The summed E-state index contributed by atoms with van der Waals surface area (Å²) in [6.45, 7) is 7.72. The molecule has 5 heteroatoms. The van der Waals surface area contributed by atoms with Crippen molar-refractivity contribution in [3.63, 3.8) is 0 Å². The first-order valence-corrected chi connectivity index (χ1v) is 7.41. The molecule has 0 saturated carbocycles. The molecule has 1 aliphatic heterocycles. The minimum Gasteiger partial charge on any atom is -0.340 e. The highest BCUT2D eigenvalue weighted by Gasteiger charge is 2.17. The average Bonchev–Trinajstić information content (AvgIpc) is 2.48. The Morgan fingerprint density at radius 2 is 2.10 bits per heavy atom. The Labute approximate surface area is 125 Å². The van der Waals surface area contributed by atoms with E-state index in [4.69, 9.17) is 11.6 Å². The maximum Gasteiger partial charge on any atom is 0.253 e. The standard InChI is InChI=1S/C15H22ClN3O/c1-12-13(4-3-5-14(12)16)15(20)18(2)10-11-19-8-6-17-7-9-19/h3-5,17H,6-11H2,1-2H3. The Kier molecular flexibility index (Phi) is 5.40. The van der Waals surface area contributed by atoms with Gasteiger partial charge < -0.3 is 10.2 Å². The third-order valence-corrected chi connectivity index (χ3v) is 4.22. The molecular weight excluding hydrogens is 274 g/mol. The van der Waals surface area contributed by atoms with E-state index in [2.05, 4.69) is 10.2 Å². The van der Waals surface area contributed by atoms with Crippen molar-refractivity contribution in [2.75, 3.05) is 46.3 Å². The molecule has 1 fully saturated rings. The first kappa shape index (κ1) is 15.3. The molecule has 0 aromatic heterocycles. The molecular formula is C15H22ClN3O. The highest BCUT2D eigenvalue weighted by molar-refractivity contribution is 6.31. The van der Waals surface area contributed by atoms with Gasteiger partial charge in [0.1, 0.15) is 0 Å². The van der Waals surface area contributed by atoms with E-state index in [1.54, 1.807) is 4.90 Å². The number of nitrogens with one attached hydrogen (secondary N) is 1. The van der Waals surface area contributed by atoms with Crippen LogP contribution in [0.15, 0.2) is 18.2 Å². The molecule has 4 nitrogen and oxygen atoms in total. The monoisotopic (exact) mass is 295 g/mol. The van der Waals surface area contributed by atoms with Crippen molar-refractivity contribution >= 4 is 17.5 Å². The van der Waals surface area contributed by atoms with E-state index >= 15 is 0 Å². The molecule has 1 aromatic carbocycles. The van der Waals surface area contributed by atoms with Gasteiger partial charge in [0.25, 0.3) is 5.91 Å². The lowest BCUT2D eigenvalue weighted by molar-refractivity contribution is 0.0774. The maximum absolute atomic E-state index is 12.4. The zero-order valence-corrected chi connectivity index (χ0v) is 12.9. The lowest BCUT2D eigenvalue weighted by Crippen LogP contribution is -2.46. The molecule has 0 atom stereocenters. The molecule has 1 amide bonds. The lowest BCUT2D eigenvalue weighted by atomic mass is 10.1. The second kappa shape index (κ2) is 7.07. The number of nitrogens with zero attached hydrogens (tertiary/aromatic N) is 2. The van der Waals surface area contributed by atoms with Gasteiger partial charge in [-0.1, -0.05) is 17.7 Å². The SMILES string of the molecule is Cc1c(Cl)cccc1C(=O)N(C)CCN1CCNCC1. The minimum absolute atomic E-state index is 0.0418. The number of halogens is 1. The molecule has 1 heterocycles. The fourth-order valence-corrected chi connectivity index (χ4v) is 2.55. The van der Waals surface area contributed by atoms with Gasteiger partial charge in [-0.15, -0.1) is 0 Å². The molecule has 1 aliphatic rings. The molecule has 1 N–H and O–H groups in total. The number of amides is 1. The van der Waals surface area contributed by atoms with Crippen molar-refractivity contribution in [3.8, 4) is 0 Å². The fraction of sp³-hybridized carbons (Fsp3) is 0.533. The number of benzene rings is 1. The summed E-state index contributed by atoms with van der Waals surface area (Å²) >= 11 is 6.08. The van der Waals surface area contributed by atoms with Crippen LogP contribution in [0.1, 0.15) is 15.9 Å². The Hall–Kier alpha value is -1.10. The van der Waals surface area contributed by atoms with Crippen LogP contribution >= 0.6 is 11.6 Å². The van der Waals surface area contributed by atoms with Crippen LogP contribution < -0.4 is 5.32 Å². The average molecular weight is 296 g/mol.